The number of nitrogens with zero attached hydrogens (tertiary/aromatic N) is 2. The quantitative estimate of drug-likeness (QED) is 0.571. The van der Waals surface area contributed by atoms with E-state index in [1.807, 2.05) is 0 Å². The second kappa shape index (κ2) is 6.14. The minimum atomic E-state index is -4.75. The molecule has 0 atom stereocenters. The van der Waals surface area contributed by atoms with Crippen LogP contribution in [0.3, 0.4) is 0 Å². The maximum atomic E-state index is 12.2. The number of nitrogens with two attached hydrogens (primary N) is 1. The molecule has 4 N–H and O–H groups in total. The predicted molar refractivity (Wildman–Crippen MR) is 73.9 cm³/mol. The Labute approximate surface area is 125 Å². The SMILES string of the molecule is NNc1ncc(Br)c(Nc2cccc(OC(F)(F)F)c2)n1. The molecule has 0 fully saturated rings. The van der Waals surface area contributed by atoms with Crippen LogP contribution >= 0.6 is 15.9 Å². The Morgan fingerprint density at radius 1 is 1.29 bits per heavy atom. The molecule has 21 heavy (non-hydrogen) atoms. The summed E-state index contributed by atoms with van der Waals surface area (Å²) in [6.45, 7) is 0. The Kier molecular flexibility index (Phi) is 4.48. The molecule has 2 aromatic rings. The van der Waals surface area contributed by atoms with Crippen LogP contribution < -0.4 is 21.3 Å². The third kappa shape index (κ3) is 4.46. The second-order valence-corrected chi connectivity index (χ2v) is 4.59. The van der Waals surface area contributed by atoms with Crippen molar-refractivity contribution in [2.24, 2.45) is 5.84 Å². The Hall–Kier alpha value is -2.07. The summed E-state index contributed by atoms with van der Waals surface area (Å²) in [6, 6.07) is 5.37. The number of hydrazine groups is 1. The second-order valence-electron chi connectivity index (χ2n) is 3.74. The molecule has 0 aliphatic carbocycles. The van der Waals surface area contributed by atoms with Gasteiger partial charge in [0.05, 0.1) is 4.47 Å². The molecule has 112 valence electrons. The van der Waals surface area contributed by atoms with Crippen molar-refractivity contribution in [1.29, 1.82) is 0 Å². The molecule has 0 saturated heterocycles. The summed E-state index contributed by atoms with van der Waals surface area (Å²) >= 11 is 3.22. The average Bonchev–Trinajstić information content (AvgIpc) is 2.40. The fourth-order valence-electron chi connectivity index (χ4n) is 1.43. The van der Waals surface area contributed by atoms with Gasteiger partial charge in [-0.15, -0.1) is 13.2 Å². The summed E-state index contributed by atoms with van der Waals surface area (Å²) in [5.74, 6) is 5.35. The lowest BCUT2D eigenvalue weighted by atomic mass is 10.3. The number of nitrogen functional groups attached to an aromatic ring is 1. The first-order valence-electron chi connectivity index (χ1n) is 5.49. The number of rotatable bonds is 4. The molecule has 0 saturated carbocycles. The molecule has 1 aromatic carbocycles. The normalized spacial score (nSPS) is 11.1. The number of anilines is 3. The molecule has 6 nitrogen and oxygen atoms in total. The Bertz CT molecular complexity index is 637. The highest BCUT2D eigenvalue weighted by atomic mass is 79.9. The third-order valence-electron chi connectivity index (χ3n) is 2.20. The van der Waals surface area contributed by atoms with Crippen LogP contribution in [0.5, 0.6) is 5.75 Å². The monoisotopic (exact) mass is 363 g/mol. The number of aromatic nitrogens is 2. The minimum absolute atomic E-state index is 0.156. The zero-order valence-electron chi connectivity index (χ0n) is 10.3. The average molecular weight is 364 g/mol. The van der Waals surface area contributed by atoms with Gasteiger partial charge in [-0.1, -0.05) is 6.07 Å². The highest BCUT2D eigenvalue weighted by Crippen LogP contribution is 2.28. The molecule has 2 rings (SSSR count). The molecule has 0 bridgehead atoms. The van der Waals surface area contributed by atoms with Gasteiger partial charge in [-0.25, -0.2) is 10.8 Å². The minimum Gasteiger partial charge on any atom is -0.406 e. The molecule has 0 aliphatic heterocycles. The zero-order valence-corrected chi connectivity index (χ0v) is 11.9. The summed E-state index contributed by atoms with van der Waals surface area (Å²) in [5, 5.41) is 2.83. The van der Waals surface area contributed by atoms with Gasteiger partial charge in [0.2, 0.25) is 5.95 Å². The molecule has 10 heteroatoms. The maximum Gasteiger partial charge on any atom is 0.573 e. The van der Waals surface area contributed by atoms with E-state index < -0.39 is 6.36 Å². The van der Waals surface area contributed by atoms with Gasteiger partial charge in [-0.2, -0.15) is 4.98 Å². The van der Waals surface area contributed by atoms with E-state index in [1.54, 1.807) is 6.07 Å². The highest BCUT2D eigenvalue weighted by Gasteiger charge is 2.31. The number of hydrogen-bond donors (Lipinski definition) is 3. The van der Waals surface area contributed by atoms with E-state index in [0.29, 0.717) is 16.0 Å². The number of hydrogen-bond acceptors (Lipinski definition) is 6. The van der Waals surface area contributed by atoms with E-state index in [0.717, 1.165) is 0 Å². The van der Waals surface area contributed by atoms with Crippen LogP contribution in [-0.4, -0.2) is 16.3 Å². The van der Waals surface area contributed by atoms with Crippen LogP contribution in [0.2, 0.25) is 0 Å². The van der Waals surface area contributed by atoms with Crippen LogP contribution in [0.15, 0.2) is 34.9 Å². The first kappa shape index (κ1) is 15.3. The lowest BCUT2D eigenvalue weighted by Gasteiger charge is -2.12. The first-order valence-corrected chi connectivity index (χ1v) is 6.28. The van der Waals surface area contributed by atoms with Crippen molar-refractivity contribution in [2.45, 2.75) is 6.36 Å². The summed E-state index contributed by atoms with van der Waals surface area (Å²) in [4.78, 5) is 7.88. The van der Waals surface area contributed by atoms with E-state index in [-0.39, 0.29) is 11.7 Å². The van der Waals surface area contributed by atoms with Crippen molar-refractivity contribution in [3.8, 4) is 5.75 Å². The van der Waals surface area contributed by atoms with Gasteiger partial charge in [0, 0.05) is 18.0 Å². The van der Waals surface area contributed by atoms with E-state index in [4.69, 9.17) is 5.84 Å². The molecule has 0 unspecified atom stereocenters. The number of nitrogens with one attached hydrogen (secondary N) is 2. The van der Waals surface area contributed by atoms with E-state index in [9.17, 15) is 13.2 Å². The van der Waals surface area contributed by atoms with Crippen LogP contribution in [0, 0.1) is 0 Å². The van der Waals surface area contributed by atoms with Gasteiger partial charge in [0.25, 0.3) is 0 Å². The Morgan fingerprint density at radius 3 is 2.71 bits per heavy atom. The van der Waals surface area contributed by atoms with Crippen molar-refractivity contribution in [1.82, 2.24) is 9.97 Å². The number of alkyl halides is 3. The molecule has 1 heterocycles. The first-order chi connectivity index (χ1) is 9.87. The molecule has 0 aliphatic rings. The summed E-state index contributed by atoms with van der Waals surface area (Å²) in [5.41, 5.74) is 2.63. The highest BCUT2D eigenvalue weighted by molar-refractivity contribution is 9.10. The number of benzene rings is 1. The van der Waals surface area contributed by atoms with Crippen LogP contribution in [-0.2, 0) is 0 Å². The lowest BCUT2D eigenvalue weighted by molar-refractivity contribution is -0.274. The lowest BCUT2D eigenvalue weighted by Crippen LogP contribution is -2.17. The van der Waals surface area contributed by atoms with Gasteiger partial charge in [0.15, 0.2) is 0 Å². The van der Waals surface area contributed by atoms with Gasteiger partial charge in [-0.3, -0.25) is 5.43 Å². The summed E-state index contributed by atoms with van der Waals surface area (Å²) in [7, 11) is 0. The zero-order chi connectivity index (χ0) is 15.5. The van der Waals surface area contributed by atoms with E-state index in [2.05, 4.69) is 41.4 Å². The van der Waals surface area contributed by atoms with Gasteiger partial charge < -0.3 is 10.1 Å². The Morgan fingerprint density at radius 2 is 2.05 bits per heavy atom. The Balaban J connectivity index is 2.22. The number of ether oxygens (including phenoxy) is 1. The van der Waals surface area contributed by atoms with Crippen LogP contribution in [0.25, 0.3) is 0 Å². The van der Waals surface area contributed by atoms with E-state index in [1.165, 1.54) is 24.4 Å². The smallest absolute Gasteiger partial charge is 0.406 e. The van der Waals surface area contributed by atoms with Crippen LogP contribution in [0.4, 0.5) is 30.6 Å². The molecule has 0 amide bonds. The van der Waals surface area contributed by atoms with Crippen molar-refractivity contribution < 1.29 is 17.9 Å². The van der Waals surface area contributed by atoms with Gasteiger partial charge in [-0.05, 0) is 28.1 Å². The van der Waals surface area contributed by atoms with E-state index >= 15 is 0 Å². The number of halogens is 4. The summed E-state index contributed by atoms with van der Waals surface area (Å²) < 4.78 is 40.9. The molecule has 0 radical (unpaired) electrons. The predicted octanol–water partition coefficient (Wildman–Crippen LogP) is 3.17. The van der Waals surface area contributed by atoms with Crippen molar-refractivity contribution in [3.63, 3.8) is 0 Å². The third-order valence-corrected chi connectivity index (χ3v) is 2.78. The van der Waals surface area contributed by atoms with Crippen molar-refractivity contribution in [3.05, 3.63) is 34.9 Å². The summed E-state index contributed by atoms with van der Waals surface area (Å²) in [6.07, 6.45) is -3.30. The standard InChI is InChI=1S/C11H9BrF3N5O/c12-8-5-17-10(20-16)19-9(8)18-6-2-1-3-7(4-6)21-11(13,14)15/h1-5H,16H2,(H2,17,18,19,20). The largest absolute Gasteiger partial charge is 0.573 e. The van der Waals surface area contributed by atoms with Gasteiger partial charge in [0.1, 0.15) is 11.6 Å². The molecule has 0 spiro atoms. The fourth-order valence-corrected chi connectivity index (χ4v) is 1.72. The fraction of sp³-hybridized carbons (Fsp3) is 0.0909. The molecular weight excluding hydrogens is 355 g/mol. The van der Waals surface area contributed by atoms with Gasteiger partial charge >= 0.3 is 6.36 Å². The maximum absolute atomic E-state index is 12.2. The van der Waals surface area contributed by atoms with Crippen molar-refractivity contribution >= 4 is 33.4 Å². The topological polar surface area (TPSA) is 85.1 Å². The molecular formula is C11H9BrF3N5O. The van der Waals surface area contributed by atoms with Crippen molar-refractivity contribution in [2.75, 3.05) is 10.7 Å². The molecule has 1 aromatic heterocycles. The van der Waals surface area contributed by atoms with Crippen LogP contribution in [0.1, 0.15) is 0 Å².